The van der Waals surface area contributed by atoms with E-state index in [1.165, 1.54) is 24.3 Å². The van der Waals surface area contributed by atoms with Gasteiger partial charge in [0, 0.05) is 22.6 Å². The van der Waals surface area contributed by atoms with E-state index in [2.05, 4.69) is 10.4 Å². The number of anilines is 1. The average Bonchev–Trinajstić information content (AvgIpc) is 3.59. The number of halogens is 3. The van der Waals surface area contributed by atoms with Crippen LogP contribution in [0.1, 0.15) is 24.8 Å². The van der Waals surface area contributed by atoms with Crippen molar-refractivity contribution in [3.63, 3.8) is 0 Å². The Morgan fingerprint density at radius 3 is 2.25 bits per heavy atom. The molecule has 1 aliphatic heterocycles. The fourth-order valence-electron chi connectivity index (χ4n) is 4.81. The van der Waals surface area contributed by atoms with E-state index in [1.807, 2.05) is 0 Å². The molecule has 0 unspecified atom stereocenters. The minimum absolute atomic E-state index is 0.0675. The first-order valence-corrected chi connectivity index (χ1v) is 11.7. The molecule has 6 rings (SSSR count). The summed E-state index contributed by atoms with van der Waals surface area (Å²) in [5, 5.41) is 7.73. The minimum atomic E-state index is -2.42. The maximum absolute atomic E-state index is 17.1. The van der Waals surface area contributed by atoms with Crippen LogP contribution in [0.4, 0.5) is 18.9 Å². The molecule has 2 heterocycles. The van der Waals surface area contributed by atoms with Crippen LogP contribution >= 0.6 is 0 Å². The third-order valence-corrected chi connectivity index (χ3v) is 6.81. The number of nitrogens with one attached hydrogen (secondary N) is 1. The van der Waals surface area contributed by atoms with Gasteiger partial charge < -0.3 is 5.32 Å². The summed E-state index contributed by atoms with van der Waals surface area (Å²) in [4.78, 5) is 26.8. The van der Waals surface area contributed by atoms with Crippen LogP contribution in [-0.2, 0) is 15.4 Å². The normalized spacial score (nSPS) is 21.8. The zero-order valence-electron chi connectivity index (χ0n) is 19.0. The summed E-state index contributed by atoms with van der Waals surface area (Å²) in [6.07, 6.45) is 2.81. The summed E-state index contributed by atoms with van der Waals surface area (Å²) in [6, 6.07) is 14.5. The average molecular weight is 490 g/mol. The van der Waals surface area contributed by atoms with E-state index in [0.717, 1.165) is 29.9 Å². The number of hydrogen-bond acceptors (Lipinski definition) is 3. The van der Waals surface area contributed by atoms with Crippen molar-refractivity contribution in [1.82, 2.24) is 15.1 Å². The van der Waals surface area contributed by atoms with Gasteiger partial charge in [-0.1, -0.05) is 12.1 Å². The molecule has 2 aliphatic rings. The van der Waals surface area contributed by atoms with Crippen LogP contribution in [0.15, 0.2) is 72.9 Å². The molecule has 6 nitrogen and oxygen atoms in total. The Balaban J connectivity index is 1.42. The number of nitrogens with zero attached hydrogens (tertiary/aromatic N) is 3. The van der Waals surface area contributed by atoms with Crippen LogP contribution < -0.4 is 10.2 Å². The Hall–Kier alpha value is -4.14. The highest BCUT2D eigenvalue weighted by Gasteiger charge is 2.57. The topological polar surface area (TPSA) is 67.2 Å². The molecule has 1 saturated carbocycles. The zero-order valence-corrected chi connectivity index (χ0v) is 19.0. The maximum Gasteiger partial charge on any atom is 0.235 e. The van der Waals surface area contributed by atoms with Crippen molar-refractivity contribution in [2.24, 2.45) is 5.92 Å². The standard InChI is InChI=1S/C27H21F3N4O2/c28-19-5-3-18(4-6-19)27(30)24(32-26(36)16-1-2-16)14-25(35)33(27)22-11-12-23-17(13-22)15-31-34(23)21-9-7-20(29)8-10-21/h3-13,15-16,24H,1-2,14H2,(H,32,36)/t24-,27-/m1/s1. The van der Waals surface area contributed by atoms with Gasteiger partial charge in [0.2, 0.25) is 17.6 Å². The molecule has 1 aliphatic carbocycles. The predicted molar refractivity (Wildman–Crippen MR) is 127 cm³/mol. The first kappa shape index (κ1) is 22.3. The van der Waals surface area contributed by atoms with Gasteiger partial charge in [-0.3, -0.25) is 14.5 Å². The smallest absolute Gasteiger partial charge is 0.235 e. The Morgan fingerprint density at radius 1 is 0.944 bits per heavy atom. The number of aromatic nitrogens is 2. The Morgan fingerprint density at radius 2 is 1.58 bits per heavy atom. The van der Waals surface area contributed by atoms with Crippen molar-refractivity contribution in [3.8, 4) is 5.69 Å². The lowest BCUT2D eigenvalue weighted by Gasteiger charge is -2.35. The second-order valence-corrected chi connectivity index (χ2v) is 9.22. The molecule has 0 spiro atoms. The second-order valence-electron chi connectivity index (χ2n) is 9.22. The highest BCUT2D eigenvalue weighted by molar-refractivity contribution is 6.01. The second kappa shape index (κ2) is 8.22. The summed E-state index contributed by atoms with van der Waals surface area (Å²) in [5.74, 6) is -4.28. The number of benzene rings is 3. The third kappa shape index (κ3) is 3.62. The van der Waals surface area contributed by atoms with Gasteiger partial charge in [0.1, 0.15) is 11.6 Å². The van der Waals surface area contributed by atoms with E-state index >= 15 is 4.39 Å². The van der Waals surface area contributed by atoms with Gasteiger partial charge in [-0.05, 0) is 67.4 Å². The number of fused-ring (bicyclic) bond motifs is 1. The molecule has 36 heavy (non-hydrogen) atoms. The molecule has 2 atom stereocenters. The number of carbonyl (C=O) groups excluding carboxylic acids is 2. The van der Waals surface area contributed by atoms with Gasteiger partial charge in [-0.2, -0.15) is 5.10 Å². The van der Waals surface area contributed by atoms with Crippen LogP contribution in [0.2, 0.25) is 0 Å². The van der Waals surface area contributed by atoms with E-state index < -0.39 is 23.6 Å². The lowest BCUT2D eigenvalue weighted by molar-refractivity contribution is -0.124. The van der Waals surface area contributed by atoms with Gasteiger partial charge in [0.15, 0.2) is 0 Å². The summed E-state index contributed by atoms with van der Waals surface area (Å²) < 4.78 is 45.7. The van der Waals surface area contributed by atoms with Crippen LogP contribution in [0, 0.1) is 17.6 Å². The molecular weight excluding hydrogens is 469 g/mol. The largest absolute Gasteiger partial charge is 0.347 e. The van der Waals surface area contributed by atoms with E-state index in [1.54, 1.807) is 41.2 Å². The van der Waals surface area contributed by atoms with Crippen molar-refractivity contribution in [2.45, 2.75) is 31.1 Å². The number of alkyl halides is 1. The van der Waals surface area contributed by atoms with Crippen molar-refractivity contribution < 1.29 is 22.8 Å². The Bertz CT molecular complexity index is 1480. The van der Waals surface area contributed by atoms with Crippen molar-refractivity contribution in [3.05, 3.63) is 90.1 Å². The van der Waals surface area contributed by atoms with Gasteiger partial charge in [-0.25, -0.2) is 17.9 Å². The number of carbonyl (C=O) groups is 2. The van der Waals surface area contributed by atoms with E-state index in [4.69, 9.17) is 0 Å². The molecule has 9 heteroatoms. The summed E-state index contributed by atoms with van der Waals surface area (Å²) in [6.45, 7) is 0. The van der Waals surface area contributed by atoms with Crippen LogP contribution in [0.25, 0.3) is 16.6 Å². The molecule has 2 fully saturated rings. The lowest BCUT2D eigenvalue weighted by Crippen LogP contribution is -2.52. The molecule has 1 N–H and O–H groups in total. The Kier molecular flexibility index (Phi) is 5.10. The molecule has 1 saturated heterocycles. The van der Waals surface area contributed by atoms with Gasteiger partial charge in [0.05, 0.1) is 29.9 Å². The van der Waals surface area contributed by atoms with Crippen LogP contribution in [0.5, 0.6) is 0 Å². The van der Waals surface area contributed by atoms with Crippen molar-refractivity contribution in [2.75, 3.05) is 4.90 Å². The van der Waals surface area contributed by atoms with Crippen LogP contribution in [-0.4, -0.2) is 27.6 Å². The van der Waals surface area contributed by atoms with E-state index in [9.17, 15) is 18.4 Å². The first-order valence-electron chi connectivity index (χ1n) is 11.7. The predicted octanol–water partition coefficient (Wildman–Crippen LogP) is 4.76. The Labute approximate surface area is 204 Å². The molecule has 182 valence electrons. The van der Waals surface area contributed by atoms with Crippen LogP contribution in [0.3, 0.4) is 0 Å². The molecule has 0 radical (unpaired) electrons. The van der Waals surface area contributed by atoms with Crippen molar-refractivity contribution in [1.29, 1.82) is 0 Å². The summed E-state index contributed by atoms with van der Waals surface area (Å²) in [7, 11) is 0. The van der Waals surface area contributed by atoms with Crippen molar-refractivity contribution >= 4 is 28.4 Å². The molecule has 0 bridgehead atoms. The molecule has 3 aromatic carbocycles. The highest BCUT2D eigenvalue weighted by atomic mass is 19.1. The van der Waals surface area contributed by atoms with Gasteiger partial charge >= 0.3 is 0 Å². The van der Waals surface area contributed by atoms with E-state index in [0.29, 0.717) is 16.6 Å². The molecule has 4 aromatic rings. The zero-order chi connectivity index (χ0) is 25.0. The van der Waals surface area contributed by atoms with Gasteiger partial charge in [0.25, 0.3) is 0 Å². The SMILES string of the molecule is O=C(N[C@@H]1CC(=O)N(c2ccc3c(cnn3-c3ccc(F)cc3)c2)[C@]1(F)c1ccc(F)cc1)C1CC1. The molecule has 1 aromatic heterocycles. The number of rotatable bonds is 5. The first-order chi connectivity index (χ1) is 17.3. The fourth-order valence-corrected chi connectivity index (χ4v) is 4.81. The lowest BCUT2D eigenvalue weighted by atomic mass is 9.96. The molecule has 2 amide bonds. The quantitative estimate of drug-likeness (QED) is 0.411. The maximum atomic E-state index is 17.1. The number of amides is 2. The highest BCUT2D eigenvalue weighted by Crippen LogP contribution is 2.45. The molecular formula is C27H21F3N4O2. The third-order valence-electron chi connectivity index (χ3n) is 6.81. The summed E-state index contributed by atoms with van der Waals surface area (Å²) >= 11 is 0. The summed E-state index contributed by atoms with van der Waals surface area (Å²) in [5.41, 5.74) is 1.67. The number of hydrogen-bond donors (Lipinski definition) is 1. The monoisotopic (exact) mass is 490 g/mol. The fraction of sp³-hybridized carbons (Fsp3) is 0.222. The minimum Gasteiger partial charge on any atom is -0.347 e. The van der Waals surface area contributed by atoms with E-state index in [-0.39, 0.29) is 35.3 Å². The van der Waals surface area contributed by atoms with Gasteiger partial charge in [-0.15, -0.1) is 0 Å².